The zero-order valence-electron chi connectivity index (χ0n) is 10.3. The monoisotopic (exact) mass is 267 g/mol. The lowest BCUT2D eigenvalue weighted by Gasteiger charge is -2.07. The molecular weight excluding hydrogens is 254 g/mol. The molecule has 0 bridgehead atoms. The van der Waals surface area contributed by atoms with Crippen molar-refractivity contribution in [2.45, 2.75) is 16.6 Å². The van der Waals surface area contributed by atoms with E-state index >= 15 is 0 Å². The molecule has 2 N–H and O–H groups in total. The molecule has 0 aliphatic carbocycles. The van der Waals surface area contributed by atoms with E-state index in [9.17, 15) is 0 Å². The molecule has 0 aliphatic rings. The number of nitrogens with two attached hydrogens (primary N) is 1. The van der Waals surface area contributed by atoms with Crippen molar-refractivity contribution >= 4 is 22.7 Å². The fourth-order valence-electron chi connectivity index (χ4n) is 1.96. The normalized spacial score (nSPS) is 10.8. The molecule has 0 aliphatic heterocycles. The molecule has 0 fully saturated rings. The van der Waals surface area contributed by atoms with Crippen molar-refractivity contribution in [1.82, 2.24) is 9.97 Å². The average molecular weight is 267 g/mol. The second-order valence-electron chi connectivity index (χ2n) is 4.11. The van der Waals surface area contributed by atoms with Gasteiger partial charge in [0.1, 0.15) is 10.1 Å². The maximum absolute atomic E-state index is 5.83. The number of hydrogen-bond acceptors (Lipinski definition) is 4. The zero-order valence-corrected chi connectivity index (χ0v) is 11.1. The number of pyridine rings is 2. The molecule has 0 unspecified atom stereocenters. The van der Waals surface area contributed by atoms with E-state index in [1.54, 1.807) is 18.0 Å². The molecule has 0 atom stereocenters. The van der Waals surface area contributed by atoms with E-state index in [1.165, 1.54) is 0 Å². The standard InChI is InChI=1S/C15H13N3S/c16-10-11-9-15(19-14-7-3-4-8-17-14)18-13-6-2-1-5-12(11)13/h1-9H,10,16H2. The predicted octanol–water partition coefficient (Wildman–Crippen LogP) is 3.24. The molecule has 3 rings (SSSR count). The van der Waals surface area contributed by atoms with E-state index in [4.69, 9.17) is 5.73 Å². The Hall–Kier alpha value is -1.91. The predicted molar refractivity (Wildman–Crippen MR) is 78.0 cm³/mol. The van der Waals surface area contributed by atoms with Crippen molar-refractivity contribution in [3.63, 3.8) is 0 Å². The first kappa shape index (κ1) is 12.1. The summed E-state index contributed by atoms with van der Waals surface area (Å²) in [5.74, 6) is 0. The quantitative estimate of drug-likeness (QED) is 0.791. The highest BCUT2D eigenvalue weighted by Crippen LogP contribution is 2.28. The van der Waals surface area contributed by atoms with E-state index < -0.39 is 0 Å². The Morgan fingerprint density at radius 1 is 1.00 bits per heavy atom. The third-order valence-corrected chi connectivity index (χ3v) is 3.71. The van der Waals surface area contributed by atoms with Gasteiger partial charge in [0.2, 0.25) is 0 Å². The minimum Gasteiger partial charge on any atom is -0.326 e. The van der Waals surface area contributed by atoms with Gasteiger partial charge in [-0.3, -0.25) is 0 Å². The molecule has 19 heavy (non-hydrogen) atoms. The highest BCUT2D eigenvalue weighted by Gasteiger charge is 2.06. The van der Waals surface area contributed by atoms with Crippen LogP contribution in [0.4, 0.5) is 0 Å². The van der Waals surface area contributed by atoms with Gasteiger partial charge in [-0.1, -0.05) is 36.0 Å². The molecule has 0 amide bonds. The van der Waals surface area contributed by atoms with Crippen LogP contribution in [0.2, 0.25) is 0 Å². The minimum atomic E-state index is 0.513. The molecule has 0 saturated heterocycles. The smallest absolute Gasteiger partial charge is 0.103 e. The minimum absolute atomic E-state index is 0.513. The number of benzene rings is 1. The number of rotatable bonds is 3. The van der Waals surface area contributed by atoms with Gasteiger partial charge < -0.3 is 5.73 Å². The van der Waals surface area contributed by atoms with Gasteiger partial charge in [0.05, 0.1) is 5.52 Å². The number of aromatic nitrogens is 2. The van der Waals surface area contributed by atoms with Crippen LogP contribution in [0.1, 0.15) is 5.56 Å². The van der Waals surface area contributed by atoms with Gasteiger partial charge in [-0.25, -0.2) is 9.97 Å². The van der Waals surface area contributed by atoms with Crippen molar-refractivity contribution in [2.75, 3.05) is 0 Å². The zero-order chi connectivity index (χ0) is 13.1. The first-order chi connectivity index (χ1) is 9.36. The maximum atomic E-state index is 5.83. The number of para-hydroxylation sites is 1. The topological polar surface area (TPSA) is 51.8 Å². The first-order valence-corrected chi connectivity index (χ1v) is 6.86. The van der Waals surface area contributed by atoms with Crippen LogP contribution in [0.3, 0.4) is 0 Å². The summed E-state index contributed by atoms with van der Waals surface area (Å²) >= 11 is 1.55. The van der Waals surface area contributed by atoms with Crippen molar-refractivity contribution in [2.24, 2.45) is 5.73 Å². The maximum Gasteiger partial charge on any atom is 0.103 e. The highest BCUT2D eigenvalue weighted by molar-refractivity contribution is 7.99. The summed E-state index contributed by atoms with van der Waals surface area (Å²) < 4.78 is 0. The van der Waals surface area contributed by atoms with Gasteiger partial charge in [-0.05, 0) is 29.8 Å². The molecule has 2 heterocycles. The molecule has 2 aromatic heterocycles. The van der Waals surface area contributed by atoms with Gasteiger partial charge in [0.25, 0.3) is 0 Å². The van der Waals surface area contributed by atoms with Crippen LogP contribution < -0.4 is 5.73 Å². The van der Waals surface area contributed by atoms with E-state index in [1.807, 2.05) is 42.5 Å². The summed E-state index contributed by atoms with van der Waals surface area (Å²) in [7, 11) is 0. The molecular formula is C15H13N3S. The summed E-state index contributed by atoms with van der Waals surface area (Å²) in [6.07, 6.45) is 1.78. The summed E-state index contributed by atoms with van der Waals surface area (Å²) in [6.45, 7) is 0.513. The Kier molecular flexibility index (Phi) is 3.44. The van der Waals surface area contributed by atoms with Crippen LogP contribution in [0.5, 0.6) is 0 Å². The molecule has 3 aromatic rings. The summed E-state index contributed by atoms with van der Waals surface area (Å²) in [6, 6.07) is 16.0. The van der Waals surface area contributed by atoms with Gasteiger partial charge in [0, 0.05) is 18.1 Å². The van der Waals surface area contributed by atoms with Gasteiger partial charge in [0.15, 0.2) is 0 Å². The first-order valence-electron chi connectivity index (χ1n) is 6.04. The number of hydrogen-bond donors (Lipinski definition) is 1. The Labute approximate surface area is 115 Å². The second kappa shape index (κ2) is 5.38. The van der Waals surface area contributed by atoms with Crippen molar-refractivity contribution in [3.05, 3.63) is 60.3 Å². The van der Waals surface area contributed by atoms with Crippen molar-refractivity contribution < 1.29 is 0 Å². The molecule has 1 aromatic carbocycles. The number of nitrogens with zero attached hydrogens (tertiary/aromatic N) is 2. The van der Waals surface area contributed by atoms with Crippen LogP contribution in [0.15, 0.2) is 64.8 Å². The summed E-state index contributed by atoms with van der Waals surface area (Å²) in [4.78, 5) is 8.95. The van der Waals surface area contributed by atoms with E-state index in [0.717, 1.165) is 26.5 Å². The summed E-state index contributed by atoms with van der Waals surface area (Å²) in [5.41, 5.74) is 7.92. The third kappa shape index (κ3) is 2.59. The number of fused-ring (bicyclic) bond motifs is 1. The molecule has 0 saturated carbocycles. The molecule has 0 radical (unpaired) electrons. The van der Waals surface area contributed by atoms with Crippen LogP contribution in [-0.2, 0) is 6.54 Å². The van der Waals surface area contributed by atoms with E-state index in [0.29, 0.717) is 6.54 Å². The fourth-order valence-corrected chi connectivity index (χ4v) is 2.78. The van der Waals surface area contributed by atoms with Crippen molar-refractivity contribution in [3.8, 4) is 0 Å². The Morgan fingerprint density at radius 2 is 1.84 bits per heavy atom. The van der Waals surface area contributed by atoms with Gasteiger partial charge >= 0.3 is 0 Å². The largest absolute Gasteiger partial charge is 0.326 e. The lowest BCUT2D eigenvalue weighted by molar-refractivity contribution is 1.04. The van der Waals surface area contributed by atoms with Crippen LogP contribution in [0.25, 0.3) is 10.9 Å². The SMILES string of the molecule is NCc1cc(Sc2ccccn2)nc2ccccc12. The molecule has 94 valence electrons. The Morgan fingerprint density at radius 3 is 2.63 bits per heavy atom. The lowest BCUT2D eigenvalue weighted by atomic mass is 10.1. The average Bonchev–Trinajstić information content (AvgIpc) is 2.47. The molecule has 3 nitrogen and oxygen atoms in total. The highest BCUT2D eigenvalue weighted by atomic mass is 32.2. The Balaban J connectivity index is 2.05. The van der Waals surface area contributed by atoms with Crippen molar-refractivity contribution in [1.29, 1.82) is 0 Å². The lowest BCUT2D eigenvalue weighted by Crippen LogP contribution is -1.99. The van der Waals surface area contributed by atoms with Crippen LogP contribution in [0, 0.1) is 0 Å². The fraction of sp³-hybridized carbons (Fsp3) is 0.0667. The van der Waals surface area contributed by atoms with E-state index in [-0.39, 0.29) is 0 Å². The summed E-state index contributed by atoms with van der Waals surface area (Å²) in [5, 5.41) is 2.99. The van der Waals surface area contributed by atoms with Gasteiger partial charge in [-0.15, -0.1) is 0 Å². The van der Waals surface area contributed by atoms with E-state index in [2.05, 4.69) is 16.0 Å². The van der Waals surface area contributed by atoms with Crippen LogP contribution >= 0.6 is 11.8 Å². The van der Waals surface area contributed by atoms with Gasteiger partial charge in [-0.2, -0.15) is 0 Å². The second-order valence-corrected chi connectivity index (χ2v) is 5.15. The third-order valence-electron chi connectivity index (χ3n) is 2.85. The Bertz CT molecular complexity index is 698. The molecule has 4 heteroatoms. The molecule has 0 spiro atoms. The van der Waals surface area contributed by atoms with Crippen LogP contribution in [-0.4, -0.2) is 9.97 Å².